The van der Waals surface area contributed by atoms with E-state index in [4.69, 9.17) is 43.9 Å². The molecule has 0 bridgehead atoms. The van der Waals surface area contributed by atoms with Crippen LogP contribution in [0.15, 0.2) is 0 Å². The zero-order chi connectivity index (χ0) is 15.3. The van der Waals surface area contributed by atoms with Gasteiger partial charge in [0.2, 0.25) is 9.70 Å². The fraction of sp³-hybridized carbons (Fsp3) is 0.900. The topological polar surface area (TPSA) is 64.6 Å². The van der Waals surface area contributed by atoms with Gasteiger partial charge in [-0.3, -0.25) is 9.36 Å². The van der Waals surface area contributed by atoms with Crippen LogP contribution in [0.1, 0.15) is 27.7 Å². The zero-order valence-corrected chi connectivity index (χ0v) is 14.4. The van der Waals surface area contributed by atoms with Crippen LogP contribution in [0.4, 0.5) is 0 Å². The second-order valence-electron chi connectivity index (χ2n) is 3.98. The molecule has 0 saturated carbocycles. The molecule has 0 spiro atoms. The summed E-state index contributed by atoms with van der Waals surface area (Å²) in [5.41, 5.74) is 0. The highest BCUT2D eigenvalue weighted by atomic mass is 35.6. The Morgan fingerprint density at radius 2 is 1.63 bits per heavy atom. The molecule has 5 nitrogen and oxygen atoms in total. The van der Waals surface area contributed by atoms with Crippen LogP contribution >= 0.6 is 42.4 Å². The van der Waals surface area contributed by atoms with Crippen molar-refractivity contribution in [3.63, 3.8) is 0 Å². The van der Waals surface area contributed by atoms with Crippen LogP contribution in [0.5, 0.6) is 0 Å². The summed E-state index contributed by atoms with van der Waals surface area (Å²) in [4.78, 5) is 11.7. The number of alkyl halides is 3. The molecule has 0 unspecified atom stereocenters. The van der Waals surface area contributed by atoms with Crippen molar-refractivity contribution < 1.29 is 18.4 Å². The minimum Gasteiger partial charge on any atom is -0.338 e. The molecule has 0 radical (unpaired) electrons. The molecule has 0 fully saturated rings. The largest absolute Gasteiger partial charge is 0.357 e. The highest BCUT2D eigenvalue weighted by molar-refractivity contribution is 7.55. The van der Waals surface area contributed by atoms with Crippen LogP contribution in [0, 0.1) is 5.92 Å². The fourth-order valence-electron chi connectivity index (χ4n) is 1.19. The van der Waals surface area contributed by atoms with Gasteiger partial charge in [-0.25, -0.2) is 0 Å². The molecule has 1 amide bonds. The standard InChI is InChI=1S/C10H19Cl3NO4P/c1-5-17-19(16,18-6-2)9(10(11,12)13)14-8(15)7(3)4/h7,9H,5-6H2,1-4H3,(H,14,15)/t9-/m1/s1. The Morgan fingerprint density at radius 3 is 1.89 bits per heavy atom. The lowest BCUT2D eigenvalue weighted by atomic mass is 10.2. The Hall–Kier alpha value is 0.490. The van der Waals surface area contributed by atoms with E-state index in [0.29, 0.717) is 0 Å². The molecule has 0 heterocycles. The molecule has 1 atom stereocenters. The van der Waals surface area contributed by atoms with E-state index in [-0.39, 0.29) is 19.1 Å². The third-order valence-corrected chi connectivity index (χ3v) is 5.54. The first-order valence-electron chi connectivity index (χ1n) is 5.84. The van der Waals surface area contributed by atoms with Gasteiger partial charge in [-0.15, -0.1) is 0 Å². The van der Waals surface area contributed by atoms with Crippen molar-refractivity contribution in [2.75, 3.05) is 13.2 Å². The summed E-state index contributed by atoms with van der Waals surface area (Å²) in [6.45, 7) is 6.79. The van der Waals surface area contributed by atoms with E-state index in [1.807, 2.05) is 0 Å². The van der Waals surface area contributed by atoms with Crippen molar-refractivity contribution in [1.29, 1.82) is 0 Å². The van der Waals surface area contributed by atoms with Gasteiger partial charge in [-0.2, -0.15) is 0 Å². The van der Waals surface area contributed by atoms with Crippen molar-refractivity contribution >= 4 is 48.3 Å². The second kappa shape index (κ2) is 8.06. The van der Waals surface area contributed by atoms with Gasteiger partial charge in [-0.1, -0.05) is 48.7 Å². The molecule has 0 aromatic heterocycles. The molecule has 0 aromatic carbocycles. The van der Waals surface area contributed by atoms with Crippen LogP contribution in [-0.4, -0.2) is 28.7 Å². The Balaban J connectivity index is 5.32. The van der Waals surface area contributed by atoms with E-state index in [9.17, 15) is 9.36 Å². The van der Waals surface area contributed by atoms with Gasteiger partial charge in [0, 0.05) is 5.92 Å². The van der Waals surface area contributed by atoms with Gasteiger partial charge in [-0.05, 0) is 13.8 Å². The van der Waals surface area contributed by atoms with Crippen molar-refractivity contribution in [1.82, 2.24) is 5.32 Å². The number of carbonyl (C=O) groups is 1. The summed E-state index contributed by atoms with van der Waals surface area (Å²) in [5, 5.41) is 2.42. The normalized spacial score (nSPS) is 14.5. The van der Waals surface area contributed by atoms with E-state index in [2.05, 4.69) is 5.32 Å². The summed E-state index contributed by atoms with van der Waals surface area (Å²) >= 11 is 17.4. The molecule has 114 valence electrons. The van der Waals surface area contributed by atoms with Crippen LogP contribution in [0.2, 0.25) is 0 Å². The quantitative estimate of drug-likeness (QED) is 0.559. The van der Waals surface area contributed by atoms with Gasteiger partial charge in [0.1, 0.15) is 0 Å². The van der Waals surface area contributed by atoms with Gasteiger partial charge in [0.15, 0.2) is 5.78 Å². The van der Waals surface area contributed by atoms with Gasteiger partial charge in [0.05, 0.1) is 13.2 Å². The SMILES string of the molecule is CCOP(=O)(OCC)[C@@H](NC(=O)C(C)C)C(Cl)(Cl)Cl. The Morgan fingerprint density at radius 1 is 1.21 bits per heavy atom. The maximum absolute atomic E-state index is 12.6. The van der Waals surface area contributed by atoms with Crippen molar-refractivity contribution in [3.8, 4) is 0 Å². The lowest BCUT2D eigenvalue weighted by Gasteiger charge is -2.31. The third-order valence-electron chi connectivity index (χ3n) is 2.05. The molecular formula is C10H19Cl3NO4P. The Kier molecular flexibility index (Phi) is 8.27. The monoisotopic (exact) mass is 353 g/mol. The average molecular weight is 355 g/mol. The van der Waals surface area contributed by atoms with Crippen LogP contribution in [-0.2, 0) is 18.4 Å². The fourth-order valence-corrected chi connectivity index (χ4v) is 4.16. The van der Waals surface area contributed by atoms with Crippen molar-refractivity contribution in [3.05, 3.63) is 0 Å². The number of rotatable bonds is 7. The lowest BCUT2D eigenvalue weighted by molar-refractivity contribution is -0.124. The summed E-state index contributed by atoms with van der Waals surface area (Å²) in [5.74, 6) is -2.12. The Bertz CT molecular complexity index is 336. The van der Waals surface area contributed by atoms with E-state index >= 15 is 0 Å². The lowest BCUT2D eigenvalue weighted by Crippen LogP contribution is -2.45. The van der Waals surface area contributed by atoms with Crippen molar-refractivity contribution in [2.24, 2.45) is 5.92 Å². The summed E-state index contributed by atoms with van der Waals surface area (Å²) < 4.78 is 20.8. The highest BCUT2D eigenvalue weighted by Gasteiger charge is 2.49. The van der Waals surface area contributed by atoms with Crippen molar-refractivity contribution in [2.45, 2.75) is 37.3 Å². The first kappa shape index (κ1) is 19.5. The van der Waals surface area contributed by atoms with Crippen LogP contribution < -0.4 is 5.32 Å². The molecule has 9 heteroatoms. The maximum Gasteiger partial charge on any atom is 0.357 e. The molecule has 0 rings (SSSR count). The van der Waals surface area contributed by atoms with Gasteiger partial charge < -0.3 is 14.4 Å². The summed E-state index contributed by atoms with van der Waals surface area (Å²) in [6, 6.07) is 0. The molecule has 0 aliphatic rings. The third kappa shape index (κ3) is 6.19. The number of hydrogen-bond acceptors (Lipinski definition) is 4. The minimum atomic E-state index is -3.77. The van der Waals surface area contributed by atoms with E-state index in [1.54, 1.807) is 27.7 Å². The molecule has 0 aromatic rings. The zero-order valence-electron chi connectivity index (χ0n) is 11.3. The van der Waals surface area contributed by atoms with E-state index in [1.165, 1.54) is 0 Å². The van der Waals surface area contributed by atoms with E-state index in [0.717, 1.165) is 0 Å². The molecular weight excluding hydrogens is 335 g/mol. The van der Waals surface area contributed by atoms with Gasteiger partial charge in [0.25, 0.3) is 0 Å². The highest BCUT2D eigenvalue weighted by Crippen LogP contribution is 2.58. The van der Waals surface area contributed by atoms with E-state index < -0.39 is 23.1 Å². The summed E-state index contributed by atoms with van der Waals surface area (Å²) in [7, 11) is -3.77. The Labute approximate surface area is 128 Å². The maximum atomic E-state index is 12.6. The van der Waals surface area contributed by atoms with Crippen LogP contribution in [0.3, 0.4) is 0 Å². The minimum absolute atomic E-state index is 0.103. The number of hydrogen-bond donors (Lipinski definition) is 1. The number of nitrogens with one attached hydrogen (secondary N) is 1. The number of halogens is 3. The smallest absolute Gasteiger partial charge is 0.338 e. The molecule has 0 aliphatic heterocycles. The predicted molar refractivity (Wildman–Crippen MR) is 77.9 cm³/mol. The first-order chi connectivity index (χ1) is 8.58. The van der Waals surface area contributed by atoms with Crippen LogP contribution in [0.25, 0.3) is 0 Å². The number of amides is 1. The second-order valence-corrected chi connectivity index (χ2v) is 8.46. The number of carbonyl (C=O) groups excluding carboxylic acids is 1. The molecule has 1 N–H and O–H groups in total. The average Bonchev–Trinajstić information content (AvgIpc) is 2.24. The molecule has 0 saturated heterocycles. The molecule has 19 heavy (non-hydrogen) atoms. The first-order valence-corrected chi connectivity index (χ1v) is 8.59. The van der Waals surface area contributed by atoms with Gasteiger partial charge >= 0.3 is 7.60 Å². The summed E-state index contributed by atoms with van der Waals surface area (Å²) in [6.07, 6.45) is 0. The predicted octanol–water partition coefficient (Wildman–Crippen LogP) is 3.72. The molecule has 0 aliphatic carbocycles.